The maximum atomic E-state index is 13.0. The maximum Gasteiger partial charge on any atom is 0.534 e. The largest absolute Gasteiger partial charge is 0.534 e. The second kappa shape index (κ2) is 23.7. The molecule has 0 atom stereocenters. The molecule has 0 amide bonds. The van der Waals surface area contributed by atoms with Crippen LogP contribution in [0.15, 0.2) is 115 Å². The first-order chi connectivity index (χ1) is 22.6. The Labute approximate surface area is 307 Å². The molecule has 0 saturated carbocycles. The zero-order chi connectivity index (χ0) is 35.8. The van der Waals surface area contributed by atoms with Crippen molar-refractivity contribution in [2.75, 3.05) is 19.8 Å². The van der Waals surface area contributed by atoms with Gasteiger partial charge in [-0.1, -0.05) is 115 Å². The van der Waals surface area contributed by atoms with Crippen molar-refractivity contribution in [3.63, 3.8) is 0 Å². The third kappa shape index (κ3) is 15.8. The molecule has 4 rings (SSSR count). The van der Waals surface area contributed by atoms with Crippen molar-refractivity contribution in [1.29, 1.82) is 0 Å². The first-order valence-electron chi connectivity index (χ1n) is 15.2. The van der Waals surface area contributed by atoms with E-state index in [1.54, 1.807) is 12.1 Å². The predicted molar refractivity (Wildman–Crippen MR) is 213 cm³/mol. The summed E-state index contributed by atoms with van der Waals surface area (Å²) in [5.74, 6) is -0.242. The number of hydrogen-bond donors (Lipinski definition) is 0. The fourth-order valence-corrected chi connectivity index (χ4v) is 9.39. The second-order valence-electron chi connectivity index (χ2n) is 10.8. The van der Waals surface area contributed by atoms with E-state index in [1.807, 2.05) is 131 Å². The van der Waals surface area contributed by atoms with E-state index in [4.69, 9.17) is 13.6 Å². The molecule has 0 radical (unpaired) electrons. The maximum absolute atomic E-state index is 13.0. The Balaban J connectivity index is 0. The quantitative estimate of drug-likeness (QED) is 0.0611. The van der Waals surface area contributed by atoms with Gasteiger partial charge < -0.3 is 17.8 Å². The van der Waals surface area contributed by atoms with E-state index < -0.39 is 39.4 Å². The highest BCUT2D eigenvalue weighted by atomic mass is 32.2. The molecular formula is C37H55F3O7P2SSi. The van der Waals surface area contributed by atoms with Crippen LogP contribution in [-0.4, -0.2) is 41.8 Å². The van der Waals surface area contributed by atoms with Gasteiger partial charge in [-0.25, -0.2) is 0 Å². The summed E-state index contributed by atoms with van der Waals surface area (Å²) in [6.45, 7) is 13.3. The van der Waals surface area contributed by atoms with Gasteiger partial charge in [0.25, 0.3) is 7.37 Å². The molecule has 4 aromatic carbocycles. The number of benzene rings is 4. The van der Waals surface area contributed by atoms with Crippen LogP contribution in [0.3, 0.4) is 0 Å². The second-order valence-corrected chi connectivity index (χ2v) is 21.3. The molecule has 0 aliphatic carbocycles. The van der Waals surface area contributed by atoms with Crippen molar-refractivity contribution in [2.24, 2.45) is 0 Å². The van der Waals surface area contributed by atoms with Gasteiger partial charge in [0.05, 0.1) is 27.9 Å². The van der Waals surface area contributed by atoms with Gasteiger partial charge in [0.2, 0.25) is 8.38 Å². The average Bonchev–Trinajstić information content (AvgIpc) is 3.06. The molecule has 0 saturated heterocycles. The van der Waals surface area contributed by atoms with Gasteiger partial charge in [-0.05, 0) is 68.4 Å². The fourth-order valence-electron chi connectivity index (χ4n) is 4.02. The van der Waals surface area contributed by atoms with Gasteiger partial charge >= 0.3 is 15.6 Å². The van der Waals surface area contributed by atoms with E-state index in [0.717, 1.165) is 15.9 Å². The summed E-state index contributed by atoms with van der Waals surface area (Å²) in [7, 11) is -11.4. The van der Waals surface area contributed by atoms with Crippen LogP contribution in [0.1, 0.15) is 43.1 Å². The van der Waals surface area contributed by atoms with Crippen LogP contribution in [0.5, 0.6) is 5.75 Å². The molecule has 286 valence electrons. The Bertz CT molecular complexity index is 1610. The number of para-hydroxylation sites is 1. The topological polar surface area (TPSA) is 88.1 Å². The van der Waals surface area contributed by atoms with Crippen molar-refractivity contribution in [2.45, 2.75) is 68.2 Å². The van der Waals surface area contributed by atoms with E-state index in [2.05, 4.69) is 4.18 Å². The van der Waals surface area contributed by atoms with Crippen molar-refractivity contribution in [1.82, 2.24) is 0 Å². The summed E-state index contributed by atoms with van der Waals surface area (Å²) in [4.78, 5) is 0. The first kappa shape index (κ1) is 50.3. The van der Waals surface area contributed by atoms with Crippen LogP contribution < -0.4 is 25.3 Å². The molecule has 14 heteroatoms. The number of alkyl halides is 3. The van der Waals surface area contributed by atoms with Gasteiger partial charge in [0.1, 0.15) is 5.75 Å². The fraction of sp³-hybridized carbons (Fsp3) is 0.351. The molecule has 7 nitrogen and oxygen atoms in total. The molecule has 0 aliphatic rings. The lowest BCUT2D eigenvalue weighted by atomic mass is 10.3. The molecule has 0 spiro atoms. The van der Waals surface area contributed by atoms with Crippen molar-refractivity contribution in [3.8, 4) is 5.75 Å². The van der Waals surface area contributed by atoms with Crippen LogP contribution in [0.4, 0.5) is 13.2 Å². The standard InChI is InChI=1S/C14H15O2P.C10H13F3O3SSi.C10H15O2P.3CH4/c1-2-16-17(15,13-9-5-3-6-10-13)14-11-7-4-8-12-14;1-18(2,3)9-7-5-4-6-8(9)16-17(14,15)10(11,12)13;1-3-11-13(12-4-2)10-8-6-5-7-9-10;;;/h3-12H,2H2,1H3;4-7H,1-3H3;5-9H,3-4H2,1-2H3;3*1H4. The Kier molecular flexibility index (Phi) is 23.3. The number of halogens is 3. The molecule has 0 aromatic heterocycles. The van der Waals surface area contributed by atoms with Gasteiger partial charge in [0, 0.05) is 15.9 Å². The minimum absolute atomic E-state index is 0. The van der Waals surface area contributed by atoms with E-state index in [0.29, 0.717) is 25.0 Å². The van der Waals surface area contributed by atoms with Crippen LogP contribution in [-0.2, 0) is 28.3 Å². The van der Waals surface area contributed by atoms with Gasteiger partial charge in [-0.15, -0.1) is 0 Å². The molecule has 0 heterocycles. The minimum atomic E-state index is -5.61. The normalized spacial score (nSPS) is 11.3. The monoisotopic (exact) mass is 790 g/mol. The van der Waals surface area contributed by atoms with Crippen molar-refractivity contribution in [3.05, 3.63) is 115 Å². The molecule has 0 aliphatic heterocycles. The first-order valence-corrected chi connectivity index (χ1v) is 22.9. The van der Waals surface area contributed by atoms with Crippen molar-refractivity contribution >= 4 is 55.0 Å². The number of rotatable bonds is 12. The smallest absolute Gasteiger partial charge is 0.376 e. The van der Waals surface area contributed by atoms with Gasteiger partial charge in [0.15, 0.2) is 0 Å². The van der Waals surface area contributed by atoms with Crippen LogP contribution in [0.25, 0.3) is 0 Å². The molecule has 51 heavy (non-hydrogen) atoms. The summed E-state index contributed by atoms with van der Waals surface area (Å²) in [6, 6.07) is 34.7. The summed E-state index contributed by atoms with van der Waals surface area (Å²) >= 11 is 0. The highest BCUT2D eigenvalue weighted by Crippen LogP contribution is 2.44. The van der Waals surface area contributed by atoms with Crippen LogP contribution >= 0.6 is 15.7 Å². The van der Waals surface area contributed by atoms with Crippen LogP contribution in [0, 0.1) is 0 Å². The van der Waals surface area contributed by atoms with E-state index in [9.17, 15) is 26.2 Å². The highest BCUT2D eigenvalue weighted by Gasteiger charge is 2.49. The summed E-state index contributed by atoms with van der Waals surface area (Å²) in [5.41, 5.74) is -5.42. The summed E-state index contributed by atoms with van der Waals surface area (Å²) in [5, 5.41) is 3.15. The van der Waals surface area contributed by atoms with Gasteiger partial charge in [-0.2, -0.15) is 21.6 Å². The van der Waals surface area contributed by atoms with Crippen molar-refractivity contribution < 1.29 is 43.9 Å². The lowest BCUT2D eigenvalue weighted by Crippen LogP contribution is -2.40. The van der Waals surface area contributed by atoms with E-state index in [1.165, 1.54) is 12.1 Å². The third-order valence-corrected chi connectivity index (χ3v) is 13.4. The Morgan fingerprint density at radius 1 is 0.647 bits per heavy atom. The molecule has 0 fully saturated rings. The zero-order valence-electron chi connectivity index (χ0n) is 27.9. The highest BCUT2D eigenvalue weighted by molar-refractivity contribution is 7.88. The molecule has 0 N–H and O–H groups in total. The SMILES string of the molecule is C.C.C.CCOP(=O)(c1ccccc1)c1ccccc1.CCOP(OCC)c1ccccc1.C[Si](C)(C)c1ccccc1OS(=O)(=O)C(F)(F)F. The molecule has 4 aromatic rings. The minimum Gasteiger partial charge on any atom is -0.376 e. The van der Waals surface area contributed by atoms with E-state index in [-0.39, 0.29) is 28.0 Å². The number of hydrogen-bond acceptors (Lipinski definition) is 7. The lowest BCUT2D eigenvalue weighted by molar-refractivity contribution is -0.0499. The zero-order valence-corrected chi connectivity index (χ0v) is 31.5. The molecule has 0 unspecified atom stereocenters. The Morgan fingerprint density at radius 3 is 1.41 bits per heavy atom. The summed E-state index contributed by atoms with van der Waals surface area (Å²) in [6.07, 6.45) is 0. The Hall–Kier alpha value is -2.82. The third-order valence-electron chi connectivity index (χ3n) is 6.14. The van der Waals surface area contributed by atoms with Crippen LogP contribution in [0.2, 0.25) is 19.6 Å². The molecule has 0 bridgehead atoms. The summed E-state index contributed by atoms with van der Waals surface area (Å²) < 4.78 is 92.5. The molecular weight excluding hydrogens is 735 g/mol. The predicted octanol–water partition coefficient (Wildman–Crippen LogP) is 10.0. The average molecular weight is 791 g/mol. The Morgan fingerprint density at radius 2 is 1.04 bits per heavy atom. The van der Waals surface area contributed by atoms with Gasteiger partial charge in [-0.3, -0.25) is 4.57 Å². The lowest BCUT2D eigenvalue weighted by Gasteiger charge is -2.20. The van der Waals surface area contributed by atoms with E-state index >= 15 is 0 Å².